The Labute approximate surface area is 125 Å². The third-order valence-electron chi connectivity index (χ3n) is 3.17. The van der Waals surface area contributed by atoms with Gasteiger partial charge in [-0.1, -0.05) is 0 Å². The number of aliphatic hydroxyl groups is 2. The summed E-state index contributed by atoms with van der Waals surface area (Å²) >= 11 is 5.83. The first-order valence-electron chi connectivity index (χ1n) is 6.01. The Bertz CT molecular complexity index is 527. The SMILES string of the molecule is CSC(S)CC1OC(n2ccc(N)nc2=O)C(O)C1O. The number of rotatable bonds is 4. The molecule has 4 N–H and O–H groups in total. The van der Waals surface area contributed by atoms with Gasteiger partial charge in [-0.2, -0.15) is 29.4 Å². The van der Waals surface area contributed by atoms with Gasteiger partial charge in [-0.25, -0.2) is 4.79 Å². The Balaban J connectivity index is 2.19. The van der Waals surface area contributed by atoms with Crippen LogP contribution in [-0.4, -0.2) is 48.9 Å². The summed E-state index contributed by atoms with van der Waals surface area (Å²) in [6.45, 7) is 0. The van der Waals surface area contributed by atoms with Crippen LogP contribution in [0.4, 0.5) is 5.82 Å². The molecule has 5 unspecified atom stereocenters. The second-order valence-electron chi connectivity index (χ2n) is 4.51. The van der Waals surface area contributed by atoms with Gasteiger partial charge in [0.25, 0.3) is 0 Å². The molecule has 1 aromatic heterocycles. The molecular weight excluding hydrogens is 302 g/mol. The highest BCUT2D eigenvalue weighted by Gasteiger charge is 2.44. The van der Waals surface area contributed by atoms with Gasteiger partial charge in [0.15, 0.2) is 6.23 Å². The molecule has 0 aromatic carbocycles. The van der Waals surface area contributed by atoms with Crippen molar-refractivity contribution in [2.75, 3.05) is 12.0 Å². The molecule has 1 aliphatic rings. The maximum absolute atomic E-state index is 11.7. The van der Waals surface area contributed by atoms with Crippen LogP contribution in [0, 0.1) is 0 Å². The van der Waals surface area contributed by atoms with E-state index in [2.05, 4.69) is 17.6 Å². The number of anilines is 1. The predicted molar refractivity (Wildman–Crippen MR) is 79.7 cm³/mol. The molecule has 1 aromatic rings. The smallest absolute Gasteiger partial charge is 0.351 e. The monoisotopic (exact) mass is 319 g/mol. The summed E-state index contributed by atoms with van der Waals surface area (Å²) in [7, 11) is 0. The fraction of sp³-hybridized carbons (Fsp3) is 0.636. The first-order valence-corrected chi connectivity index (χ1v) is 7.81. The summed E-state index contributed by atoms with van der Waals surface area (Å²) in [5.74, 6) is 0.0913. The number of aliphatic hydroxyl groups excluding tert-OH is 2. The van der Waals surface area contributed by atoms with Gasteiger partial charge in [0.1, 0.15) is 18.0 Å². The minimum atomic E-state index is -1.20. The number of ether oxygens (including phenoxy) is 1. The lowest BCUT2D eigenvalue weighted by Crippen LogP contribution is -2.35. The zero-order valence-corrected chi connectivity index (χ0v) is 12.5. The maximum atomic E-state index is 11.7. The number of aromatic nitrogens is 2. The van der Waals surface area contributed by atoms with Gasteiger partial charge in [0, 0.05) is 10.8 Å². The fourth-order valence-electron chi connectivity index (χ4n) is 2.07. The van der Waals surface area contributed by atoms with Crippen LogP contribution >= 0.6 is 24.4 Å². The number of hydrogen-bond donors (Lipinski definition) is 4. The van der Waals surface area contributed by atoms with Crippen LogP contribution in [0.15, 0.2) is 17.1 Å². The van der Waals surface area contributed by atoms with E-state index in [0.717, 1.165) is 4.57 Å². The van der Waals surface area contributed by atoms with E-state index in [4.69, 9.17) is 10.5 Å². The van der Waals surface area contributed by atoms with Gasteiger partial charge >= 0.3 is 5.69 Å². The molecule has 9 heteroatoms. The number of thiol groups is 1. The van der Waals surface area contributed by atoms with Crippen molar-refractivity contribution in [3.05, 3.63) is 22.7 Å². The zero-order chi connectivity index (χ0) is 14.9. The van der Waals surface area contributed by atoms with Gasteiger partial charge < -0.3 is 20.7 Å². The number of thioether (sulfide) groups is 1. The molecule has 5 atom stereocenters. The van der Waals surface area contributed by atoms with E-state index < -0.39 is 30.2 Å². The van der Waals surface area contributed by atoms with Crippen molar-refractivity contribution in [3.8, 4) is 0 Å². The lowest BCUT2D eigenvalue weighted by atomic mass is 10.1. The molecule has 0 bridgehead atoms. The Morgan fingerprint density at radius 1 is 1.60 bits per heavy atom. The van der Waals surface area contributed by atoms with Crippen molar-refractivity contribution in [2.45, 2.75) is 35.5 Å². The lowest BCUT2D eigenvalue weighted by molar-refractivity contribution is -0.0404. The molecule has 0 amide bonds. The molecule has 112 valence electrons. The van der Waals surface area contributed by atoms with E-state index in [1.165, 1.54) is 24.0 Å². The molecule has 0 aliphatic carbocycles. The Morgan fingerprint density at radius 3 is 2.90 bits per heavy atom. The third-order valence-corrected chi connectivity index (χ3v) is 4.75. The van der Waals surface area contributed by atoms with Crippen LogP contribution in [0.2, 0.25) is 0 Å². The first kappa shape index (κ1) is 15.6. The average molecular weight is 319 g/mol. The highest BCUT2D eigenvalue weighted by atomic mass is 32.2. The molecule has 2 heterocycles. The summed E-state index contributed by atoms with van der Waals surface area (Å²) in [6.07, 6.45) is -0.109. The molecule has 7 nitrogen and oxygen atoms in total. The van der Waals surface area contributed by atoms with Gasteiger partial charge in [0.2, 0.25) is 0 Å². The van der Waals surface area contributed by atoms with Crippen LogP contribution < -0.4 is 11.4 Å². The summed E-state index contributed by atoms with van der Waals surface area (Å²) < 4.78 is 6.68. The van der Waals surface area contributed by atoms with Crippen molar-refractivity contribution >= 4 is 30.2 Å². The minimum Gasteiger partial charge on any atom is -0.388 e. The molecule has 1 saturated heterocycles. The number of nitrogen functional groups attached to an aromatic ring is 1. The van der Waals surface area contributed by atoms with E-state index in [-0.39, 0.29) is 10.4 Å². The minimum absolute atomic E-state index is 0.0261. The summed E-state index contributed by atoms with van der Waals surface area (Å²) in [5, 5.41) is 20.0. The first-order chi connectivity index (χ1) is 9.43. The highest BCUT2D eigenvalue weighted by Crippen LogP contribution is 2.33. The number of nitrogens with zero attached hydrogens (tertiary/aromatic N) is 2. The molecule has 0 spiro atoms. The lowest BCUT2D eigenvalue weighted by Gasteiger charge is -2.17. The summed E-state index contributed by atoms with van der Waals surface area (Å²) in [4.78, 5) is 15.3. The Kier molecular flexibility index (Phi) is 4.97. The largest absolute Gasteiger partial charge is 0.388 e. The van der Waals surface area contributed by atoms with E-state index in [9.17, 15) is 15.0 Å². The normalized spacial score (nSPS) is 31.4. The van der Waals surface area contributed by atoms with Crippen molar-refractivity contribution in [3.63, 3.8) is 0 Å². The van der Waals surface area contributed by atoms with Crippen molar-refractivity contribution < 1.29 is 14.9 Å². The summed E-state index contributed by atoms with van der Waals surface area (Å²) in [5.41, 5.74) is 4.78. The average Bonchev–Trinajstić information content (AvgIpc) is 2.67. The van der Waals surface area contributed by atoms with E-state index >= 15 is 0 Å². The summed E-state index contributed by atoms with van der Waals surface area (Å²) in [6, 6.07) is 1.43. The van der Waals surface area contributed by atoms with E-state index in [1.54, 1.807) is 0 Å². The van der Waals surface area contributed by atoms with Gasteiger partial charge in [-0.15, -0.1) is 0 Å². The highest BCUT2D eigenvalue weighted by molar-refractivity contribution is 8.09. The van der Waals surface area contributed by atoms with Crippen LogP contribution in [0.25, 0.3) is 0 Å². The second-order valence-corrected chi connectivity index (χ2v) is 6.53. The van der Waals surface area contributed by atoms with Gasteiger partial charge in [-0.3, -0.25) is 4.57 Å². The van der Waals surface area contributed by atoms with Crippen molar-refractivity contribution in [1.29, 1.82) is 0 Å². The Hall–Kier alpha value is -0.740. The molecule has 2 rings (SSSR count). The van der Waals surface area contributed by atoms with Gasteiger partial charge in [0.05, 0.1) is 6.10 Å². The Morgan fingerprint density at radius 2 is 2.30 bits per heavy atom. The van der Waals surface area contributed by atoms with Crippen LogP contribution in [0.1, 0.15) is 12.6 Å². The molecular formula is C11H17N3O4S2. The van der Waals surface area contributed by atoms with Crippen LogP contribution in [-0.2, 0) is 4.74 Å². The van der Waals surface area contributed by atoms with Crippen molar-refractivity contribution in [2.24, 2.45) is 0 Å². The standard InChI is InChI=1S/C11H17N3O4S2/c1-20-7(19)4-5-8(15)9(16)10(18-5)14-3-2-6(12)13-11(14)17/h2-3,5,7-10,15-16,19H,4H2,1H3,(H2,12,13,17). The zero-order valence-electron chi connectivity index (χ0n) is 10.8. The molecule has 0 saturated carbocycles. The molecule has 1 fully saturated rings. The third kappa shape index (κ3) is 3.12. The topological polar surface area (TPSA) is 111 Å². The number of hydrogen-bond acceptors (Lipinski definition) is 8. The molecule has 20 heavy (non-hydrogen) atoms. The van der Waals surface area contributed by atoms with E-state index in [0.29, 0.717) is 6.42 Å². The molecule has 1 aliphatic heterocycles. The quantitative estimate of drug-likeness (QED) is 0.435. The van der Waals surface area contributed by atoms with Gasteiger partial charge in [-0.05, 0) is 18.7 Å². The van der Waals surface area contributed by atoms with Crippen molar-refractivity contribution in [1.82, 2.24) is 9.55 Å². The number of nitrogens with two attached hydrogens (primary N) is 1. The fourth-order valence-corrected chi connectivity index (χ4v) is 2.66. The van der Waals surface area contributed by atoms with Crippen LogP contribution in [0.5, 0.6) is 0 Å². The van der Waals surface area contributed by atoms with Crippen LogP contribution in [0.3, 0.4) is 0 Å². The maximum Gasteiger partial charge on any atom is 0.351 e. The molecule has 0 radical (unpaired) electrons. The predicted octanol–water partition coefficient (Wildman–Crippen LogP) is -0.546. The van der Waals surface area contributed by atoms with E-state index in [1.807, 2.05) is 6.26 Å². The second kappa shape index (κ2) is 6.35.